The zero-order chi connectivity index (χ0) is 20.6. The first kappa shape index (κ1) is 21.8. The predicted octanol–water partition coefficient (Wildman–Crippen LogP) is 0.846. The number of aromatic nitrogens is 3. The average Bonchev–Trinajstić information content (AvgIpc) is 3.13. The molecule has 2 rings (SSSR count). The van der Waals surface area contributed by atoms with Crippen LogP contribution >= 0.6 is 0 Å². The molecule has 0 amide bonds. The van der Waals surface area contributed by atoms with Gasteiger partial charge >= 0.3 is 0 Å². The lowest BCUT2D eigenvalue weighted by Gasteiger charge is -2.15. The highest BCUT2D eigenvalue weighted by Crippen LogP contribution is 2.19. The Kier molecular flexibility index (Phi) is 7.94. The predicted molar refractivity (Wildman–Crippen MR) is 110 cm³/mol. The van der Waals surface area contributed by atoms with Crippen LogP contribution in [0.3, 0.4) is 0 Å². The van der Waals surface area contributed by atoms with Crippen LogP contribution in [0.15, 0.2) is 40.5 Å². The topological polar surface area (TPSA) is 105 Å². The summed E-state index contributed by atoms with van der Waals surface area (Å²) >= 11 is 0. The summed E-state index contributed by atoms with van der Waals surface area (Å²) < 4.78 is 28.2. The molecule has 2 aromatic rings. The molecule has 1 aromatic carbocycles. The standard InChI is InChI=1S/C18H29N7O2S/c1-5-17-23-22-14-25(17)12-11-20-18(19-6-2)21-13-15-9-7-8-10-16(15)28(26,27)24(3)4/h7-10,14H,5-6,11-13H2,1-4H3,(H2,19,20,21). The van der Waals surface area contributed by atoms with E-state index in [1.54, 1.807) is 24.5 Å². The molecule has 0 saturated carbocycles. The van der Waals surface area contributed by atoms with Gasteiger partial charge in [-0.15, -0.1) is 10.2 Å². The largest absolute Gasteiger partial charge is 0.357 e. The van der Waals surface area contributed by atoms with Gasteiger partial charge in [0.25, 0.3) is 0 Å². The van der Waals surface area contributed by atoms with Crippen molar-refractivity contribution in [1.29, 1.82) is 0 Å². The fourth-order valence-corrected chi connectivity index (χ4v) is 3.73. The Morgan fingerprint density at radius 2 is 1.96 bits per heavy atom. The summed E-state index contributed by atoms with van der Waals surface area (Å²) in [5.74, 6) is 1.57. The number of hydrogen-bond acceptors (Lipinski definition) is 5. The maximum Gasteiger partial charge on any atom is 0.242 e. The number of guanidine groups is 1. The fraction of sp³-hybridized carbons (Fsp3) is 0.500. The molecule has 0 aliphatic rings. The van der Waals surface area contributed by atoms with Gasteiger partial charge in [-0.25, -0.2) is 17.7 Å². The van der Waals surface area contributed by atoms with E-state index in [0.717, 1.165) is 12.2 Å². The first-order chi connectivity index (χ1) is 13.4. The van der Waals surface area contributed by atoms with Gasteiger partial charge < -0.3 is 15.2 Å². The Bertz CT molecular complexity index is 891. The van der Waals surface area contributed by atoms with E-state index in [2.05, 4.69) is 25.8 Å². The summed E-state index contributed by atoms with van der Waals surface area (Å²) in [4.78, 5) is 4.82. The Morgan fingerprint density at radius 3 is 2.64 bits per heavy atom. The average molecular weight is 408 g/mol. The van der Waals surface area contributed by atoms with Crippen molar-refractivity contribution in [3.8, 4) is 0 Å². The van der Waals surface area contributed by atoms with Crippen LogP contribution in [-0.2, 0) is 29.5 Å². The second-order valence-corrected chi connectivity index (χ2v) is 8.43. The summed E-state index contributed by atoms with van der Waals surface area (Å²) in [5, 5.41) is 14.4. The molecule has 154 valence electrons. The Labute approximate surface area is 166 Å². The Balaban J connectivity index is 2.09. The number of aryl methyl sites for hydroxylation is 1. The minimum atomic E-state index is -3.52. The second kappa shape index (κ2) is 10.2. The third-order valence-electron chi connectivity index (χ3n) is 4.14. The molecule has 0 saturated heterocycles. The Morgan fingerprint density at radius 1 is 1.21 bits per heavy atom. The first-order valence-corrected chi connectivity index (χ1v) is 10.7. The number of rotatable bonds is 9. The van der Waals surface area contributed by atoms with E-state index in [9.17, 15) is 8.42 Å². The van der Waals surface area contributed by atoms with E-state index >= 15 is 0 Å². The Hall–Kier alpha value is -2.46. The lowest BCUT2D eigenvalue weighted by molar-refractivity contribution is 0.519. The normalized spacial score (nSPS) is 12.4. The van der Waals surface area contributed by atoms with Crippen LogP contribution in [0.25, 0.3) is 0 Å². The van der Waals surface area contributed by atoms with E-state index in [1.807, 2.05) is 24.5 Å². The van der Waals surface area contributed by atoms with Crippen molar-refractivity contribution in [1.82, 2.24) is 29.7 Å². The summed E-state index contributed by atoms with van der Waals surface area (Å²) in [7, 11) is -0.467. The monoisotopic (exact) mass is 407 g/mol. The summed E-state index contributed by atoms with van der Waals surface area (Å²) in [6.45, 7) is 6.34. The summed E-state index contributed by atoms with van der Waals surface area (Å²) in [6, 6.07) is 6.93. The highest BCUT2D eigenvalue weighted by atomic mass is 32.2. The van der Waals surface area contributed by atoms with Gasteiger partial charge in [-0.1, -0.05) is 25.1 Å². The molecule has 0 bridgehead atoms. The molecule has 0 spiro atoms. The van der Waals surface area contributed by atoms with Gasteiger partial charge in [-0.3, -0.25) is 0 Å². The van der Waals surface area contributed by atoms with E-state index in [0.29, 0.717) is 31.2 Å². The zero-order valence-corrected chi connectivity index (χ0v) is 17.7. The third kappa shape index (κ3) is 5.52. The van der Waals surface area contributed by atoms with Gasteiger partial charge in [0.1, 0.15) is 12.2 Å². The maximum absolute atomic E-state index is 12.5. The number of sulfonamides is 1. The van der Waals surface area contributed by atoms with Crippen LogP contribution in [-0.4, -0.2) is 60.6 Å². The molecule has 0 aliphatic heterocycles. The van der Waals surface area contributed by atoms with Gasteiger partial charge in [-0.2, -0.15) is 0 Å². The molecule has 0 aliphatic carbocycles. The van der Waals surface area contributed by atoms with Crippen LogP contribution in [0.2, 0.25) is 0 Å². The van der Waals surface area contributed by atoms with Crippen LogP contribution in [0, 0.1) is 0 Å². The van der Waals surface area contributed by atoms with Gasteiger partial charge in [0, 0.05) is 40.2 Å². The highest BCUT2D eigenvalue weighted by molar-refractivity contribution is 7.89. The molecule has 28 heavy (non-hydrogen) atoms. The molecule has 1 heterocycles. The van der Waals surface area contributed by atoms with Gasteiger partial charge in [0.15, 0.2) is 5.96 Å². The van der Waals surface area contributed by atoms with Gasteiger partial charge in [0.05, 0.1) is 11.4 Å². The molecule has 2 N–H and O–H groups in total. The van der Waals surface area contributed by atoms with E-state index in [4.69, 9.17) is 0 Å². The number of nitrogens with zero attached hydrogens (tertiary/aromatic N) is 5. The fourth-order valence-electron chi connectivity index (χ4n) is 2.62. The SMILES string of the molecule is CCNC(=NCc1ccccc1S(=O)(=O)N(C)C)NCCn1cnnc1CC. The van der Waals surface area contributed by atoms with Gasteiger partial charge in [0.2, 0.25) is 10.0 Å². The van der Waals surface area contributed by atoms with E-state index in [1.165, 1.54) is 18.4 Å². The van der Waals surface area contributed by atoms with E-state index < -0.39 is 10.0 Å². The van der Waals surface area contributed by atoms with Crippen LogP contribution in [0.1, 0.15) is 25.2 Å². The molecular weight excluding hydrogens is 378 g/mol. The van der Waals surface area contributed by atoms with Crippen molar-refractivity contribution in [2.75, 3.05) is 27.2 Å². The molecule has 0 unspecified atom stereocenters. The van der Waals surface area contributed by atoms with Gasteiger partial charge in [-0.05, 0) is 18.6 Å². The van der Waals surface area contributed by atoms with Crippen LogP contribution < -0.4 is 10.6 Å². The molecular formula is C18H29N7O2S. The van der Waals surface area contributed by atoms with Crippen molar-refractivity contribution < 1.29 is 8.42 Å². The molecule has 0 radical (unpaired) electrons. The minimum Gasteiger partial charge on any atom is -0.357 e. The molecule has 0 fully saturated rings. The minimum absolute atomic E-state index is 0.255. The molecule has 1 aromatic heterocycles. The zero-order valence-electron chi connectivity index (χ0n) is 16.9. The molecule has 9 nitrogen and oxygen atoms in total. The summed E-state index contributed by atoms with van der Waals surface area (Å²) in [5.41, 5.74) is 0.653. The number of hydrogen-bond donors (Lipinski definition) is 2. The van der Waals surface area contributed by atoms with Crippen molar-refractivity contribution >= 4 is 16.0 Å². The quantitative estimate of drug-likeness (QED) is 0.472. The maximum atomic E-state index is 12.5. The lowest BCUT2D eigenvalue weighted by atomic mass is 10.2. The highest BCUT2D eigenvalue weighted by Gasteiger charge is 2.20. The third-order valence-corrected chi connectivity index (χ3v) is 6.06. The van der Waals surface area contributed by atoms with Crippen molar-refractivity contribution in [2.24, 2.45) is 4.99 Å². The number of nitrogens with one attached hydrogen (secondary N) is 2. The van der Waals surface area contributed by atoms with Crippen LogP contribution in [0.4, 0.5) is 0 Å². The number of aliphatic imine (C=N–C) groups is 1. The van der Waals surface area contributed by atoms with Crippen molar-refractivity contribution in [2.45, 2.75) is 38.3 Å². The lowest BCUT2D eigenvalue weighted by Crippen LogP contribution is -2.39. The second-order valence-electron chi connectivity index (χ2n) is 6.31. The van der Waals surface area contributed by atoms with Crippen LogP contribution in [0.5, 0.6) is 0 Å². The van der Waals surface area contributed by atoms with E-state index in [-0.39, 0.29) is 11.4 Å². The molecule has 0 atom stereocenters. The molecule has 10 heteroatoms. The number of benzene rings is 1. The van der Waals surface area contributed by atoms with Crippen molar-refractivity contribution in [3.05, 3.63) is 42.0 Å². The smallest absolute Gasteiger partial charge is 0.242 e. The summed E-state index contributed by atoms with van der Waals surface area (Å²) in [6.07, 6.45) is 2.54. The first-order valence-electron chi connectivity index (χ1n) is 9.29. The van der Waals surface area contributed by atoms with Crippen molar-refractivity contribution in [3.63, 3.8) is 0 Å².